The van der Waals surface area contributed by atoms with Gasteiger partial charge in [-0.1, -0.05) is 80.2 Å². The number of nitrogens with one attached hydrogen (secondary N) is 1. The molecule has 40 heavy (non-hydrogen) atoms. The summed E-state index contributed by atoms with van der Waals surface area (Å²) in [6.45, 7) is 6.00. The van der Waals surface area contributed by atoms with Crippen molar-refractivity contribution in [3.05, 3.63) is 113 Å². The molecular weight excluding hydrogens is 530 g/mol. The highest BCUT2D eigenvalue weighted by molar-refractivity contribution is 7.99. The van der Waals surface area contributed by atoms with Crippen LogP contribution in [0.25, 0.3) is 0 Å². The third-order valence-corrected chi connectivity index (χ3v) is 7.83. The minimum atomic E-state index is -0.965. The van der Waals surface area contributed by atoms with Crippen LogP contribution in [0.2, 0.25) is 0 Å². The molecule has 210 valence electrons. The van der Waals surface area contributed by atoms with Gasteiger partial charge in [-0.2, -0.15) is 0 Å². The molecular formula is C31H33NO7S. The van der Waals surface area contributed by atoms with Gasteiger partial charge in [0.15, 0.2) is 6.29 Å². The first-order chi connectivity index (χ1) is 19.4. The van der Waals surface area contributed by atoms with Crippen molar-refractivity contribution in [1.82, 2.24) is 5.32 Å². The molecule has 9 heteroatoms. The molecule has 1 amide bonds. The normalized spacial score (nSPS) is 20.4. The van der Waals surface area contributed by atoms with Crippen molar-refractivity contribution in [2.75, 3.05) is 12.4 Å². The molecule has 3 N–H and O–H groups in total. The SMILES string of the molecule is C=CCOC(=O)NCc1ccc(C2OC(CSc3ccccc3C(=O)O)C(C)C(c3ccc(CO)cc3)O2)cc1. The number of aliphatic hydroxyl groups excluding tert-OH is 1. The number of rotatable bonds is 11. The van der Waals surface area contributed by atoms with Crippen molar-refractivity contribution in [3.8, 4) is 0 Å². The quantitative estimate of drug-likeness (QED) is 0.196. The van der Waals surface area contributed by atoms with E-state index in [-0.39, 0.29) is 36.9 Å². The van der Waals surface area contributed by atoms with Gasteiger partial charge in [0.1, 0.15) is 6.61 Å². The molecule has 1 fully saturated rings. The number of aliphatic hydroxyl groups is 1. The van der Waals surface area contributed by atoms with E-state index in [1.165, 1.54) is 17.8 Å². The number of amides is 1. The summed E-state index contributed by atoms with van der Waals surface area (Å²) in [5.41, 5.74) is 3.75. The highest BCUT2D eigenvalue weighted by Crippen LogP contribution is 2.43. The van der Waals surface area contributed by atoms with Crippen LogP contribution in [-0.2, 0) is 27.4 Å². The van der Waals surface area contributed by atoms with Crippen LogP contribution in [-0.4, -0.2) is 40.7 Å². The van der Waals surface area contributed by atoms with Crippen LogP contribution in [0.5, 0.6) is 0 Å². The number of carbonyl (C=O) groups is 2. The summed E-state index contributed by atoms with van der Waals surface area (Å²) in [5, 5.41) is 21.7. The van der Waals surface area contributed by atoms with Gasteiger partial charge in [-0.05, 0) is 28.8 Å². The summed E-state index contributed by atoms with van der Waals surface area (Å²) in [6.07, 6.45) is -0.193. The molecule has 8 nitrogen and oxygen atoms in total. The van der Waals surface area contributed by atoms with Crippen molar-refractivity contribution in [2.24, 2.45) is 5.92 Å². The van der Waals surface area contributed by atoms with E-state index in [0.29, 0.717) is 17.2 Å². The first kappa shape index (κ1) is 29.4. The van der Waals surface area contributed by atoms with Gasteiger partial charge in [0.2, 0.25) is 0 Å². The predicted molar refractivity (Wildman–Crippen MR) is 152 cm³/mol. The summed E-state index contributed by atoms with van der Waals surface area (Å²) in [7, 11) is 0. The summed E-state index contributed by atoms with van der Waals surface area (Å²) in [5.74, 6) is -0.469. The zero-order valence-corrected chi connectivity index (χ0v) is 23.0. The van der Waals surface area contributed by atoms with Crippen molar-refractivity contribution in [2.45, 2.75) is 43.5 Å². The molecule has 3 aromatic rings. The Morgan fingerprint density at radius 2 is 1.68 bits per heavy atom. The highest BCUT2D eigenvalue weighted by Gasteiger charge is 2.38. The Morgan fingerprint density at radius 3 is 2.35 bits per heavy atom. The molecule has 0 spiro atoms. The van der Waals surface area contributed by atoms with Gasteiger partial charge in [-0.25, -0.2) is 9.59 Å². The topological polar surface area (TPSA) is 114 Å². The van der Waals surface area contributed by atoms with Crippen LogP contribution in [0.4, 0.5) is 4.79 Å². The molecule has 0 aromatic heterocycles. The molecule has 0 radical (unpaired) electrons. The number of ether oxygens (including phenoxy) is 3. The minimum absolute atomic E-state index is 0.0363. The Morgan fingerprint density at radius 1 is 1.00 bits per heavy atom. The van der Waals surface area contributed by atoms with E-state index in [1.807, 2.05) is 54.6 Å². The van der Waals surface area contributed by atoms with Gasteiger partial charge in [-0.3, -0.25) is 0 Å². The van der Waals surface area contributed by atoms with Gasteiger partial charge in [0.05, 0.1) is 24.4 Å². The number of hydrogen-bond donors (Lipinski definition) is 3. The van der Waals surface area contributed by atoms with Crippen LogP contribution >= 0.6 is 11.8 Å². The van der Waals surface area contributed by atoms with Crippen LogP contribution in [0.3, 0.4) is 0 Å². The molecule has 1 heterocycles. The monoisotopic (exact) mass is 563 g/mol. The largest absolute Gasteiger partial charge is 0.478 e. The Kier molecular flexibility index (Phi) is 10.4. The Balaban J connectivity index is 1.52. The second kappa shape index (κ2) is 14.1. The van der Waals surface area contributed by atoms with E-state index in [2.05, 4.69) is 18.8 Å². The molecule has 1 aliphatic rings. The molecule has 1 aliphatic heterocycles. The number of hydrogen-bond acceptors (Lipinski definition) is 7. The van der Waals surface area contributed by atoms with Gasteiger partial charge >= 0.3 is 12.1 Å². The zero-order valence-electron chi connectivity index (χ0n) is 22.2. The summed E-state index contributed by atoms with van der Waals surface area (Å²) in [4.78, 5) is 24.1. The maximum atomic E-state index is 11.7. The van der Waals surface area contributed by atoms with Gasteiger partial charge < -0.3 is 29.7 Å². The lowest BCUT2D eigenvalue weighted by atomic mass is 9.91. The number of benzene rings is 3. The van der Waals surface area contributed by atoms with Crippen LogP contribution in [0, 0.1) is 5.92 Å². The Labute approximate surface area is 238 Å². The molecule has 0 bridgehead atoms. The molecule has 0 aliphatic carbocycles. The van der Waals surface area contributed by atoms with Crippen molar-refractivity contribution in [1.29, 1.82) is 0 Å². The fourth-order valence-electron chi connectivity index (χ4n) is 4.40. The second-order valence-corrected chi connectivity index (χ2v) is 10.5. The minimum Gasteiger partial charge on any atom is -0.478 e. The van der Waals surface area contributed by atoms with Gasteiger partial charge in [0.25, 0.3) is 0 Å². The first-order valence-electron chi connectivity index (χ1n) is 13.0. The molecule has 0 saturated carbocycles. The number of carboxylic acids is 1. The van der Waals surface area contributed by atoms with E-state index in [9.17, 15) is 19.8 Å². The average Bonchev–Trinajstić information content (AvgIpc) is 2.99. The van der Waals surface area contributed by atoms with E-state index < -0.39 is 18.4 Å². The lowest BCUT2D eigenvalue weighted by Crippen LogP contribution is -2.38. The summed E-state index contributed by atoms with van der Waals surface area (Å²) in [6, 6.07) is 22.2. The first-order valence-corrected chi connectivity index (χ1v) is 13.9. The van der Waals surface area contributed by atoms with Crippen molar-refractivity contribution < 1.29 is 34.0 Å². The Hall–Kier alpha value is -3.63. The van der Waals surface area contributed by atoms with Crippen LogP contribution < -0.4 is 5.32 Å². The fourth-order valence-corrected chi connectivity index (χ4v) is 5.62. The predicted octanol–water partition coefficient (Wildman–Crippen LogP) is 5.87. The van der Waals surface area contributed by atoms with Crippen LogP contribution in [0.15, 0.2) is 90.3 Å². The van der Waals surface area contributed by atoms with Gasteiger partial charge in [-0.15, -0.1) is 11.8 Å². The fraction of sp³-hybridized carbons (Fsp3) is 0.290. The summed E-state index contributed by atoms with van der Waals surface area (Å²) < 4.78 is 17.9. The van der Waals surface area contributed by atoms with E-state index in [4.69, 9.17) is 14.2 Å². The number of alkyl carbamates (subject to hydrolysis) is 1. The molecule has 1 saturated heterocycles. The third-order valence-electron chi connectivity index (χ3n) is 6.66. The van der Waals surface area contributed by atoms with E-state index in [1.54, 1.807) is 18.2 Å². The number of carbonyl (C=O) groups excluding carboxylic acids is 1. The third kappa shape index (κ3) is 7.51. The summed E-state index contributed by atoms with van der Waals surface area (Å²) >= 11 is 1.45. The van der Waals surface area contributed by atoms with E-state index >= 15 is 0 Å². The maximum Gasteiger partial charge on any atom is 0.407 e. The average molecular weight is 564 g/mol. The molecule has 4 atom stereocenters. The van der Waals surface area contributed by atoms with Crippen molar-refractivity contribution >= 4 is 23.8 Å². The number of thioether (sulfide) groups is 1. The van der Waals surface area contributed by atoms with Crippen molar-refractivity contribution in [3.63, 3.8) is 0 Å². The smallest absolute Gasteiger partial charge is 0.407 e. The highest BCUT2D eigenvalue weighted by atomic mass is 32.2. The molecule has 4 unspecified atom stereocenters. The standard InChI is InChI=1S/C31H33NO7S/c1-3-16-37-31(36)32-17-21-8-14-24(15-9-21)30-38-26(19-40-27-7-5-4-6-25(27)29(34)35)20(2)28(39-30)23-12-10-22(18-33)11-13-23/h3-15,20,26,28,30,33H,1,16-19H2,2H3,(H,32,36)(H,34,35). The lowest BCUT2D eigenvalue weighted by molar-refractivity contribution is -0.268. The van der Waals surface area contributed by atoms with Crippen LogP contribution in [0.1, 0.15) is 51.9 Å². The van der Waals surface area contributed by atoms with E-state index in [0.717, 1.165) is 22.3 Å². The van der Waals surface area contributed by atoms with Gasteiger partial charge in [0, 0.05) is 28.7 Å². The maximum absolute atomic E-state index is 11.7. The molecule has 3 aromatic carbocycles. The Bertz CT molecular complexity index is 1300. The lowest BCUT2D eigenvalue weighted by Gasteiger charge is -2.41. The number of carboxylic acid groups (broad SMARTS) is 1. The zero-order chi connectivity index (χ0) is 28.5. The second-order valence-electron chi connectivity index (χ2n) is 9.42. The number of aromatic carboxylic acids is 1. The molecule has 4 rings (SSSR count).